The number of anilines is 2. The Morgan fingerprint density at radius 1 is 1.00 bits per heavy atom. The van der Waals surface area contributed by atoms with Crippen molar-refractivity contribution >= 4 is 22.5 Å². The average Bonchev–Trinajstić information content (AvgIpc) is 3.41. The molecule has 0 fully saturated rings. The number of fused-ring (bicyclic) bond motifs is 1. The van der Waals surface area contributed by atoms with Crippen molar-refractivity contribution in [3.8, 4) is 22.8 Å². The largest absolute Gasteiger partial charge is 0.497 e. The Hall–Kier alpha value is -4.61. The Bertz CT molecular complexity index is 1570. The first-order valence-electron chi connectivity index (χ1n) is 10.4. The van der Waals surface area contributed by atoms with E-state index in [-0.39, 0.29) is 29.7 Å². The number of aryl methyl sites for hydroxylation is 1. The van der Waals surface area contributed by atoms with Gasteiger partial charge in [-0.05, 0) is 30.3 Å². The molecule has 0 saturated carbocycles. The molecule has 0 unspecified atom stereocenters. The van der Waals surface area contributed by atoms with Gasteiger partial charge in [0.2, 0.25) is 0 Å². The number of benzene rings is 2. The average molecular weight is 480 g/mol. The van der Waals surface area contributed by atoms with Gasteiger partial charge in [-0.1, -0.05) is 0 Å². The van der Waals surface area contributed by atoms with Crippen LogP contribution in [0.2, 0.25) is 0 Å². The number of nitrogen functional groups attached to an aromatic ring is 2. The molecule has 2 aromatic carbocycles. The lowest BCUT2D eigenvalue weighted by Gasteiger charge is -2.09. The molecule has 35 heavy (non-hydrogen) atoms. The number of methoxy groups -OCH3 is 1. The minimum Gasteiger partial charge on any atom is -0.497 e. The number of ether oxygens (including phenoxy) is 1. The second-order valence-corrected chi connectivity index (χ2v) is 7.81. The zero-order valence-electron chi connectivity index (χ0n) is 18.6. The molecule has 0 aliphatic carbocycles. The van der Waals surface area contributed by atoms with E-state index in [9.17, 15) is 13.2 Å². The summed E-state index contributed by atoms with van der Waals surface area (Å²) in [4.78, 5) is 8.73. The van der Waals surface area contributed by atoms with Crippen LogP contribution < -0.4 is 16.2 Å². The molecule has 0 radical (unpaired) electrons. The van der Waals surface area contributed by atoms with Crippen molar-refractivity contribution in [1.29, 1.82) is 0 Å². The van der Waals surface area contributed by atoms with Crippen molar-refractivity contribution in [2.24, 2.45) is 7.05 Å². The van der Waals surface area contributed by atoms with Crippen LogP contribution in [0.25, 0.3) is 28.0 Å². The number of halogens is 3. The van der Waals surface area contributed by atoms with Crippen molar-refractivity contribution in [2.75, 3.05) is 18.6 Å². The van der Waals surface area contributed by atoms with Crippen molar-refractivity contribution in [1.82, 2.24) is 29.5 Å². The third kappa shape index (κ3) is 3.78. The Kier molecular flexibility index (Phi) is 5.27. The number of nitrogens with two attached hydrogens (primary N) is 2. The maximum atomic E-state index is 14.4. The Labute approximate surface area is 196 Å². The highest BCUT2D eigenvalue weighted by atomic mass is 19.2. The van der Waals surface area contributed by atoms with Crippen molar-refractivity contribution in [3.63, 3.8) is 0 Å². The first-order chi connectivity index (χ1) is 16.8. The number of hydrogen-bond acceptors (Lipinski definition) is 7. The molecule has 0 saturated heterocycles. The molecule has 4 N–H and O–H groups in total. The van der Waals surface area contributed by atoms with Crippen LogP contribution in [-0.2, 0) is 13.5 Å². The molecular formula is C23H19F3N8O. The molecule has 5 rings (SSSR count). The lowest BCUT2D eigenvalue weighted by Crippen LogP contribution is -2.10. The Balaban J connectivity index is 1.68. The van der Waals surface area contributed by atoms with E-state index in [0.717, 1.165) is 12.1 Å². The molecule has 9 nitrogen and oxygen atoms in total. The molecular weight excluding hydrogens is 461 g/mol. The van der Waals surface area contributed by atoms with E-state index in [1.807, 2.05) is 0 Å². The minimum absolute atomic E-state index is 0.0502. The molecule has 0 atom stereocenters. The van der Waals surface area contributed by atoms with E-state index in [1.54, 1.807) is 42.3 Å². The SMILES string of the molecule is COc1ccc2c(c1)c(Cc1c(F)ccc(F)c1F)nn2-c1nc(N)c(-c2cnn(C)c2)c(N)n1. The summed E-state index contributed by atoms with van der Waals surface area (Å²) in [5.41, 5.74) is 13.8. The van der Waals surface area contributed by atoms with Crippen molar-refractivity contribution in [3.05, 3.63) is 71.4 Å². The summed E-state index contributed by atoms with van der Waals surface area (Å²) in [5, 5.41) is 9.10. The highest BCUT2D eigenvalue weighted by Crippen LogP contribution is 2.32. The molecule has 0 spiro atoms. The van der Waals surface area contributed by atoms with Crippen LogP contribution in [0.1, 0.15) is 11.3 Å². The lowest BCUT2D eigenvalue weighted by atomic mass is 10.1. The van der Waals surface area contributed by atoms with Crippen LogP contribution in [-0.4, -0.2) is 36.6 Å². The fourth-order valence-electron chi connectivity index (χ4n) is 3.89. The van der Waals surface area contributed by atoms with Crippen molar-refractivity contribution < 1.29 is 17.9 Å². The molecule has 3 heterocycles. The maximum Gasteiger partial charge on any atom is 0.255 e. The summed E-state index contributed by atoms with van der Waals surface area (Å²) in [6, 6.07) is 6.63. The van der Waals surface area contributed by atoms with Crippen LogP contribution in [0.15, 0.2) is 42.7 Å². The van der Waals surface area contributed by atoms with E-state index in [2.05, 4.69) is 20.2 Å². The predicted octanol–water partition coefficient (Wildman–Crippen LogP) is 3.40. The van der Waals surface area contributed by atoms with Crippen LogP contribution in [0.3, 0.4) is 0 Å². The summed E-state index contributed by atoms with van der Waals surface area (Å²) in [6.07, 6.45) is 2.98. The van der Waals surface area contributed by atoms with Gasteiger partial charge in [0.05, 0.1) is 30.1 Å². The first kappa shape index (κ1) is 22.2. The van der Waals surface area contributed by atoms with Crippen LogP contribution in [0.4, 0.5) is 24.8 Å². The van der Waals surface area contributed by atoms with Gasteiger partial charge in [-0.25, -0.2) is 13.2 Å². The van der Waals surface area contributed by atoms with Gasteiger partial charge in [0, 0.05) is 36.2 Å². The van der Waals surface area contributed by atoms with Crippen LogP contribution in [0.5, 0.6) is 5.75 Å². The van der Waals surface area contributed by atoms with E-state index in [0.29, 0.717) is 27.8 Å². The topological polar surface area (TPSA) is 123 Å². The summed E-state index contributed by atoms with van der Waals surface area (Å²) in [7, 11) is 3.24. The molecule has 0 bridgehead atoms. The number of aromatic nitrogens is 6. The lowest BCUT2D eigenvalue weighted by molar-refractivity contribution is 0.415. The molecule has 0 aliphatic heterocycles. The second-order valence-electron chi connectivity index (χ2n) is 7.81. The Morgan fingerprint density at radius 3 is 2.37 bits per heavy atom. The van der Waals surface area contributed by atoms with Gasteiger partial charge in [0.15, 0.2) is 11.6 Å². The van der Waals surface area contributed by atoms with Gasteiger partial charge in [0.1, 0.15) is 23.2 Å². The molecule has 0 aliphatic rings. The van der Waals surface area contributed by atoms with Gasteiger partial charge in [0.25, 0.3) is 5.95 Å². The van der Waals surface area contributed by atoms with Gasteiger partial charge in [-0.2, -0.15) is 24.8 Å². The van der Waals surface area contributed by atoms with Crippen molar-refractivity contribution in [2.45, 2.75) is 6.42 Å². The van der Waals surface area contributed by atoms with E-state index < -0.39 is 23.0 Å². The fourth-order valence-corrected chi connectivity index (χ4v) is 3.89. The molecule has 12 heteroatoms. The molecule has 0 amide bonds. The normalized spacial score (nSPS) is 11.3. The second kappa shape index (κ2) is 8.31. The summed E-state index contributed by atoms with van der Waals surface area (Å²) < 4.78 is 50.8. The smallest absolute Gasteiger partial charge is 0.255 e. The zero-order chi connectivity index (χ0) is 24.9. The van der Waals surface area contributed by atoms with Crippen LogP contribution >= 0.6 is 0 Å². The highest BCUT2D eigenvalue weighted by Gasteiger charge is 2.22. The third-order valence-electron chi connectivity index (χ3n) is 5.58. The standard InChI is InChI=1S/C23H19F3N8O/c1-33-10-11(9-29-33)19-21(27)30-23(31-22(19)28)34-18-6-3-12(35-2)7-14(18)17(32-34)8-13-15(24)4-5-16(25)20(13)26/h3-7,9-10H,8H2,1-2H3,(H4,27,28,30,31). The summed E-state index contributed by atoms with van der Waals surface area (Å²) in [5.74, 6) is -2.58. The number of hydrogen-bond donors (Lipinski definition) is 2. The number of rotatable bonds is 5. The first-order valence-corrected chi connectivity index (χ1v) is 10.4. The van der Waals surface area contributed by atoms with E-state index in [1.165, 1.54) is 11.8 Å². The van der Waals surface area contributed by atoms with Gasteiger partial charge >= 0.3 is 0 Å². The van der Waals surface area contributed by atoms with Crippen LogP contribution in [0, 0.1) is 17.5 Å². The third-order valence-corrected chi connectivity index (χ3v) is 5.58. The highest BCUT2D eigenvalue weighted by molar-refractivity contribution is 5.86. The summed E-state index contributed by atoms with van der Waals surface area (Å²) in [6.45, 7) is 0. The molecule has 5 aromatic rings. The predicted molar refractivity (Wildman–Crippen MR) is 123 cm³/mol. The summed E-state index contributed by atoms with van der Waals surface area (Å²) >= 11 is 0. The van der Waals surface area contributed by atoms with Gasteiger partial charge < -0.3 is 16.2 Å². The minimum atomic E-state index is -1.28. The van der Waals surface area contributed by atoms with Gasteiger partial charge in [-0.15, -0.1) is 0 Å². The molecule has 3 aromatic heterocycles. The van der Waals surface area contributed by atoms with Gasteiger partial charge in [-0.3, -0.25) is 4.68 Å². The fraction of sp³-hybridized carbons (Fsp3) is 0.130. The monoisotopic (exact) mass is 480 g/mol. The number of nitrogens with zero attached hydrogens (tertiary/aromatic N) is 6. The maximum absolute atomic E-state index is 14.4. The van der Waals surface area contributed by atoms with E-state index in [4.69, 9.17) is 16.2 Å². The quantitative estimate of drug-likeness (QED) is 0.370. The van der Waals surface area contributed by atoms with E-state index >= 15 is 0 Å². The Morgan fingerprint density at radius 2 is 1.71 bits per heavy atom. The zero-order valence-corrected chi connectivity index (χ0v) is 18.6. The molecule has 178 valence electrons.